The number of carbonyl (C=O) groups excluding carboxylic acids is 1. The van der Waals surface area contributed by atoms with Gasteiger partial charge in [0.2, 0.25) is 0 Å². The fourth-order valence-corrected chi connectivity index (χ4v) is 2.93. The molecule has 0 radical (unpaired) electrons. The van der Waals surface area contributed by atoms with Crippen LogP contribution in [0.4, 0.5) is 0 Å². The number of rotatable bonds is 2. The maximum absolute atomic E-state index is 11.4. The van der Waals surface area contributed by atoms with Crippen molar-refractivity contribution in [2.75, 3.05) is 0 Å². The van der Waals surface area contributed by atoms with Crippen molar-refractivity contribution in [2.45, 2.75) is 13.8 Å². The molecule has 0 unspecified atom stereocenters. The summed E-state index contributed by atoms with van der Waals surface area (Å²) in [6.45, 7) is 3.35. The van der Waals surface area contributed by atoms with Gasteiger partial charge in [0.05, 0.1) is 15.6 Å². The molecule has 0 bridgehead atoms. The fourth-order valence-electron chi connectivity index (χ4n) is 1.50. The zero-order valence-corrected chi connectivity index (χ0v) is 11.6. The van der Waals surface area contributed by atoms with Crippen LogP contribution in [0.2, 0.25) is 10.0 Å². The minimum Gasteiger partial charge on any atom is -0.294 e. The van der Waals surface area contributed by atoms with E-state index >= 15 is 0 Å². The van der Waals surface area contributed by atoms with Crippen LogP contribution in [0.5, 0.6) is 0 Å². The molecule has 0 fully saturated rings. The number of aryl methyl sites for hydroxylation is 1. The van der Waals surface area contributed by atoms with E-state index in [9.17, 15) is 4.79 Å². The second-order valence-electron chi connectivity index (χ2n) is 3.61. The summed E-state index contributed by atoms with van der Waals surface area (Å²) < 4.78 is 0. The molecule has 0 saturated heterocycles. The Hall–Kier alpha value is -0.900. The predicted octanol–water partition coefficient (Wildman–Crippen LogP) is 4.63. The van der Waals surface area contributed by atoms with Crippen LogP contribution in [0.3, 0.4) is 0 Å². The Bertz CT molecular complexity index is 592. The van der Waals surface area contributed by atoms with Gasteiger partial charge in [-0.3, -0.25) is 4.79 Å². The summed E-state index contributed by atoms with van der Waals surface area (Å²) in [4.78, 5) is 16.4. The van der Waals surface area contributed by atoms with Crippen LogP contribution in [-0.4, -0.2) is 10.8 Å². The maximum atomic E-state index is 11.4. The van der Waals surface area contributed by atoms with Gasteiger partial charge in [0.15, 0.2) is 5.78 Å². The van der Waals surface area contributed by atoms with Crippen LogP contribution >= 0.6 is 34.5 Å². The molecule has 0 saturated carbocycles. The van der Waals surface area contributed by atoms with Gasteiger partial charge in [0.1, 0.15) is 5.01 Å². The summed E-state index contributed by atoms with van der Waals surface area (Å²) >= 11 is 13.4. The van der Waals surface area contributed by atoms with Gasteiger partial charge in [-0.05, 0) is 25.1 Å². The average Bonchev–Trinajstić information content (AvgIpc) is 2.64. The molecule has 88 valence electrons. The number of benzene rings is 1. The Labute approximate surface area is 113 Å². The molecule has 1 heterocycles. The molecular formula is C12H9Cl2NOS. The minimum absolute atomic E-state index is 0.0180. The van der Waals surface area contributed by atoms with Gasteiger partial charge < -0.3 is 0 Å². The highest BCUT2D eigenvalue weighted by atomic mass is 35.5. The molecular weight excluding hydrogens is 277 g/mol. The molecule has 0 aliphatic heterocycles. The number of ketones is 1. The topological polar surface area (TPSA) is 30.0 Å². The predicted molar refractivity (Wildman–Crippen MR) is 72.3 cm³/mol. The van der Waals surface area contributed by atoms with Crippen molar-refractivity contribution < 1.29 is 4.79 Å². The van der Waals surface area contributed by atoms with E-state index in [2.05, 4.69) is 4.98 Å². The van der Waals surface area contributed by atoms with Crippen LogP contribution in [0, 0.1) is 6.92 Å². The monoisotopic (exact) mass is 285 g/mol. The smallest absolute Gasteiger partial charge is 0.171 e. The van der Waals surface area contributed by atoms with Gasteiger partial charge in [0.25, 0.3) is 0 Å². The number of hydrogen-bond acceptors (Lipinski definition) is 3. The molecule has 5 heteroatoms. The highest BCUT2D eigenvalue weighted by Crippen LogP contribution is 2.34. The molecule has 0 atom stereocenters. The first-order valence-electron chi connectivity index (χ1n) is 4.93. The largest absolute Gasteiger partial charge is 0.294 e. The molecule has 0 aliphatic carbocycles. The summed E-state index contributed by atoms with van der Waals surface area (Å²) in [6, 6.07) is 5.20. The molecule has 17 heavy (non-hydrogen) atoms. The third-order valence-electron chi connectivity index (χ3n) is 2.28. The van der Waals surface area contributed by atoms with Crippen molar-refractivity contribution in [1.82, 2.24) is 4.98 Å². The fraction of sp³-hybridized carbons (Fsp3) is 0.167. The van der Waals surface area contributed by atoms with E-state index < -0.39 is 0 Å². The lowest BCUT2D eigenvalue weighted by atomic mass is 10.2. The number of aromatic nitrogens is 1. The second kappa shape index (κ2) is 4.77. The Morgan fingerprint density at radius 2 is 2.06 bits per heavy atom. The van der Waals surface area contributed by atoms with Gasteiger partial charge in [-0.1, -0.05) is 23.2 Å². The Kier molecular flexibility index (Phi) is 3.52. The van der Waals surface area contributed by atoms with E-state index in [1.165, 1.54) is 18.3 Å². The van der Waals surface area contributed by atoms with Gasteiger partial charge in [-0.15, -0.1) is 11.3 Å². The van der Waals surface area contributed by atoms with Crippen LogP contribution in [0.25, 0.3) is 10.6 Å². The van der Waals surface area contributed by atoms with Gasteiger partial charge in [-0.25, -0.2) is 4.98 Å². The molecule has 2 nitrogen and oxygen atoms in total. The van der Waals surface area contributed by atoms with E-state index in [4.69, 9.17) is 23.2 Å². The zero-order chi connectivity index (χ0) is 12.6. The minimum atomic E-state index is 0.0180. The van der Waals surface area contributed by atoms with Gasteiger partial charge >= 0.3 is 0 Å². The zero-order valence-electron chi connectivity index (χ0n) is 9.25. The first kappa shape index (κ1) is 12.6. The van der Waals surface area contributed by atoms with Crippen LogP contribution in [-0.2, 0) is 0 Å². The summed E-state index contributed by atoms with van der Waals surface area (Å²) in [5.41, 5.74) is 1.49. The first-order valence-corrected chi connectivity index (χ1v) is 6.50. The molecule has 0 N–H and O–H groups in total. The summed E-state index contributed by atoms with van der Waals surface area (Å²) in [5, 5.41) is 1.90. The van der Waals surface area contributed by atoms with Crippen LogP contribution in [0.1, 0.15) is 22.3 Å². The Balaban J connectivity index is 2.57. The molecule has 1 aromatic carbocycles. The third-order valence-corrected chi connectivity index (χ3v) is 4.13. The van der Waals surface area contributed by atoms with Crippen molar-refractivity contribution in [1.29, 1.82) is 0 Å². The lowest BCUT2D eigenvalue weighted by Gasteiger charge is -2.00. The average molecular weight is 286 g/mol. The summed E-state index contributed by atoms with van der Waals surface area (Å²) in [6.07, 6.45) is 0. The number of carbonyl (C=O) groups is 1. The van der Waals surface area contributed by atoms with E-state index in [1.54, 1.807) is 18.2 Å². The lowest BCUT2D eigenvalue weighted by Crippen LogP contribution is -1.89. The van der Waals surface area contributed by atoms with E-state index in [1.807, 2.05) is 6.92 Å². The number of nitrogens with zero attached hydrogens (tertiary/aromatic N) is 1. The van der Waals surface area contributed by atoms with Crippen molar-refractivity contribution >= 4 is 40.3 Å². The maximum Gasteiger partial charge on any atom is 0.171 e. The number of thiazole rings is 1. The third kappa shape index (κ3) is 2.51. The normalized spacial score (nSPS) is 10.6. The number of Topliss-reactive ketones (excluding diaryl/α,β-unsaturated/α-hetero) is 1. The van der Waals surface area contributed by atoms with Crippen LogP contribution < -0.4 is 0 Å². The number of halogens is 2. The van der Waals surface area contributed by atoms with Crippen molar-refractivity contribution in [3.8, 4) is 10.6 Å². The highest BCUT2D eigenvalue weighted by molar-refractivity contribution is 7.17. The summed E-state index contributed by atoms with van der Waals surface area (Å²) in [7, 11) is 0. The van der Waals surface area contributed by atoms with Crippen molar-refractivity contribution in [3.05, 3.63) is 38.8 Å². The molecule has 0 spiro atoms. The number of hydrogen-bond donors (Lipinski definition) is 0. The lowest BCUT2D eigenvalue weighted by molar-refractivity contribution is 0.102. The van der Waals surface area contributed by atoms with E-state index in [0.29, 0.717) is 14.9 Å². The standard InChI is InChI=1S/C12H9Cl2NOS/c1-6-11(7(2)16)17-12(15-6)9-5-8(13)3-4-10(9)14/h3-5H,1-2H3. The SMILES string of the molecule is CC(=O)c1sc(-c2cc(Cl)ccc2Cl)nc1C. The molecule has 0 aliphatic rings. The Morgan fingerprint density at radius 1 is 1.35 bits per heavy atom. The molecule has 0 amide bonds. The van der Waals surface area contributed by atoms with Gasteiger partial charge in [0, 0.05) is 17.5 Å². The quantitative estimate of drug-likeness (QED) is 0.753. The van der Waals surface area contributed by atoms with Crippen molar-refractivity contribution in [3.63, 3.8) is 0 Å². The Morgan fingerprint density at radius 3 is 2.65 bits per heavy atom. The molecule has 2 aromatic rings. The summed E-state index contributed by atoms with van der Waals surface area (Å²) in [5.74, 6) is 0.0180. The molecule has 2 rings (SSSR count). The van der Waals surface area contributed by atoms with Gasteiger partial charge in [-0.2, -0.15) is 0 Å². The second-order valence-corrected chi connectivity index (χ2v) is 5.46. The first-order chi connectivity index (χ1) is 7.99. The van der Waals surface area contributed by atoms with Crippen molar-refractivity contribution in [2.24, 2.45) is 0 Å². The van der Waals surface area contributed by atoms with Crippen LogP contribution in [0.15, 0.2) is 18.2 Å². The van der Waals surface area contributed by atoms with E-state index in [-0.39, 0.29) is 5.78 Å². The highest BCUT2D eigenvalue weighted by Gasteiger charge is 2.14. The molecule has 1 aromatic heterocycles. The van der Waals surface area contributed by atoms with E-state index in [0.717, 1.165) is 16.3 Å².